The minimum Gasteiger partial charge on any atom is -0.480 e. The zero-order valence-corrected chi connectivity index (χ0v) is 9.25. The average molecular weight is 214 g/mol. The lowest BCUT2D eigenvalue weighted by Gasteiger charge is -2.38. The Morgan fingerprint density at radius 3 is 2.40 bits per heavy atom. The number of nitrogens with zero attached hydrogens (tertiary/aromatic N) is 1. The molecular formula is C10H18N2O3. The van der Waals surface area contributed by atoms with Crippen molar-refractivity contribution in [1.29, 1.82) is 0 Å². The second-order valence-electron chi connectivity index (χ2n) is 4.00. The maximum Gasteiger partial charge on any atom is 0.323 e. The molecule has 1 aliphatic carbocycles. The van der Waals surface area contributed by atoms with E-state index in [-0.39, 0.29) is 12.5 Å². The van der Waals surface area contributed by atoms with Crippen molar-refractivity contribution in [3.8, 4) is 0 Å². The van der Waals surface area contributed by atoms with Gasteiger partial charge in [0.15, 0.2) is 0 Å². The average Bonchev–Trinajstić information content (AvgIpc) is 2.14. The zero-order valence-electron chi connectivity index (χ0n) is 9.25. The molecule has 5 nitrogen and oxygen atoms in total. The summed E-state index contributed by atoms with van der Waals surface area (Å²) in [5.74, 6) is -0.911. The third-order valence-electron chi connectivity index (χ3n) is 3.09. The monoisotopic (exact) mass is 214 g/mol. The van der Waals surface area contributed by atoms with Crippen LogP contribution in [0.4, 0.5) is 0 Å². The third kappa shape index (κ3) is 2.47. The lowest BCUT2D eigenvalue weighted by atomic mass is 9.77. The van der Waals surface area contributed by atoms with Gasteiger partial charge in [-0.2, -0.15) is 0 Å². The molecule has 0 bridgehead atoms. The molecule has 1 saturated carbocycles. The predicted octanol–water partition coefficient (Wildman–Crippen LogP) is 0.0616. The first-order valence-electron chi connectivity index (χ1n) is 5.24. The largest absolute Gasteiger partial charge is 0.480 e. The van der Waals surface area contributed by atoms with Gasteiger partial charge in [0.25, 0.3) is 0 Å². The molecule has 0 spiro atoms. The van der Waals surface area contributed by atoms with Gasteiger partial charge in [0, 0.05) is 13.6 Å². The van der Waals surface area contributed by atoms with Gasteiger partial charge in [0.1, 0.15) is 5.54 Å². The molecule has 2 N–H and O–H groups in total. The van der Waals surface area contributed by atoms with Gasteiger partial charge in [-0.05, 0) is 26.2 Å². The number of likely N-dealkylation sites (N-methyl/N-ethyl adjacent to an activating group) is 1. The van der Waals surface area contributed by atoms with Crippen LogP contribution in [0.5, 0.6) is 0 Å². The summed E-state index contributed by atoms with van der Waals surface area (Å²) >= 11 is 0. The number of aliphatic carboxylic acids is 1. The lowest BCUT2D eigenvalue weighted by Crippen LogP contribution is -2.59. The van der Waals surface area contributed by atoms with Gasteiger partial charge < -0.3 is 10.0 Å². The van der Waals surface area contributed by atoms with Crippen LogP contribution in [-0.4, -0.2) is 47.6 Å². The molecule has 1 amide bonds. The number of carbonyl (C=O) groups is 2. The smallest absolute Gasteiger partial charge is 0.323 e. The van der Waals surface area contributed by atoms with Crippen molar-refractivity contribution in [1.82, 2.24) is 10.2 Å². The highest BCUT2D eigenvalue weighted by atomic mass is 16.4. The maximum atomic E-state index is 11.5. The van der Waals surface area contributed by atoms with Crippen molar-refractivity contribution in [2.24, 2.45) is 0 Å². The standard InChI is InChI=1S/C10H18N2O3/c1-3-12(2)8(13)7-11-10(9(14)15)5-4-6-10/h11H,3-7H2,1-2H3,(H,14,15). The van der Waals surface area contributed by atoms with Gasteiger partial charge in [-0.15, -0.1) is 0 Å². The quantitative estimate of drug-likeness (QED) is 0.679. The second kappa shape index (κ2) is 4.61. The molecule has 0 aromatic rings. The second-order valence-corrected chi connectivity index (χ2v) is 4.00. The van der Waals surface area contributed by atoms with Crippen LogP contribution in [0.25, 0.3) is 0 Å². The first kappa shape index (κ1) is 12.0. The summed E-state index contributed by atoms with van der Waals surface area (Å²) in [6.07, 6.45) is 2.15. The van der Waals surface area contributed by atoms with E-state index in [0.29, 0.717) is 19.4 Å². The minimum atomic E-state index is -0.847. The van der Waals surface area contributed by atoms with E-state index in [1.165, 1.54) is 0 Å². The van der Waals surface area contributed by atoms with Crippen molar-refractivity contribution in [2.45, 2.75) is 31.7 Å². The Morgan fingerprint density at radius 1 is 1.47 bits per heavy atom. The summed E-state index contributed by atoms with van der Waals surface area (Å²) in [6.45, 7) is 2.63. The number of hydrogen-bond acceptors (Lipinski definition) is 3. The van der Waals surface area contributed by atoms with Crippen molar-refractivity contribution < 1.29 is 14.7 Å². The Bertz CT molecular complexity index is 261. The molecule has 0 unspecified atom stereocenters. The van der Waals surface area contributed by atoms with Crippen molar-refractivity contribution in [2.75, 3.05) is 20.1 Å². The van der Waals surface area contributed by atoms with Crippen molar-refractivity contribution >= 4 is 11.9 Å². The summed E-state index contributed by atoms with van der Waals surface area (Å²) in [6, 6.07) is 0. The van der Waals surface area contributed by atoms with Crippen LogP contribution in [0.1, 0.15) is 26.2 Å². The predicted molar refractivity (Wildman–Crippen MR) is 55.5 cm³/mol. The summed E-state index contributed by atoms with van der Waals surface area (Å²) in [4.78, 5) is 24.0. The van der Waals surface area contributed by atoms with E-state index in [9.17, 15) is 9.59 Å². The number of hydrogen-bond donors (Lipinski definition) is 2. The van der Waals surface area contributed by atoms with Crippen molar-refractivity contribution in [3.05, 3.63) is 0 Å². The number of rotatable bonds is 5. The Labute approximate surface area is 89.4 Å². The summed E-state index contributed by atoms with van der Waals surface area (Å²) < 4.78 is 0. The van der Waals surface area contributed by atoms with Crippen LogP contribution in [0.2, 0.25) is 0 Å². The fourth-order valence-corrected chi connectivity index (χ4v) is 1.55. The van der Waals surface area contributed by atoms with Crippen LogP contribution < -0.4 is 5.32 Å². The fraction of sp³-hybridized carbons (Fsp3) is 0.800. The molecule has 0 aromatic heterocycles. The molecule has 1 rings (SSSR count). The normalized spacial score (nSPS) is 18.0. The number of carboxylic acid groups (broad SMARTS) is 1. The first-order chi connectivity index (χ1) is 7.02. The number of carbonyl (C=O) groups excluding carboxylic acids is 1. The van der Waals surface area contributed by atoms with E-state index in [4.69, 9.17) is 5.11 Å². The molecule has 0 aromatic carbocycles. The number of amides is 1. The fourth-order valence-electron chi connectivity index (χ4n) is 1.55. The van der Waals surface area contributed by atoms with E-state index >= 15 is 0 Å². The van der Waals surface area contributed by atoms with Crippen molar-refractivity contribution in [3.63, 3.8) is 0 Å². The van der Waals surface area contributed by atoms with E-state index in [0.717, 1.165) is 6.42 Å². The minimum absolute atomic E-state index is 0.0648. The molecule has 15 heavy (non-hydrogen) atoms. The van der Waals surface area contributed by atoms with Gasteiger partial charge in [-0.3, -0.25) is 14.9 Å². The molecule has 1 aliphatic rings. The Morgan fingerprint density at radius 2 is 2.07 bits per heavy atom. The van der Waals surface area contributed by atoms with Gasteiger partial charge in [0.2, 0.25) is 5.91 Å². The van der Waals surface area contributed by atoms with Crippen LogP contribution in [0, 0.1) is 0 Å². The van der Waals surface area contributed by atoms with E-state index in [1.807, 2.05) is 6.92 Å². The van der Waals surface area contributed by atoms with Gasteiger partial charge >= 0.3 is 5.97 Å². The van der Waals surface area contributed by atoms with Gasteiger partial charge in [0.05, 0.1) is 6.54 Å². The van der Waals surface area contributed by atoms with Crippen LogP contribution in [0.3, 0.4) is 0 Å². The first-order valence-corrected chi connectivity index (χ1v) is 5.24. The molecule has 1 fully saturated rings. The van der Waals surface area contributed by atoms with E-state index in [2.05, 4.69) is 5.32 Å². The van der Waals surface area contributed by atoms with Crippen LogP contribution in [-0.2, 0) is 9.59 Å². The molecule has 5 heteroatoms. The third-order valence-corrected chi connectivity index (χ3v) is 3.09. The molecule has 0 aliphatic heterocycles. The highest BCUT2D eigenvalue weighted by Gasteiger charge is 2.44. The molecule has 0 heterocycles. The Balaban J connectivity index is 2.42. The summed E-state index contributed by atoms with van der Waals surface area (Å²) in [5, 5.41) is 11.9. The van der Waals surface area contributed by atoms with Gasteiger partial charge in [-0.1, -0.05) is 0 Å². The number of carboxylic acids is 1. The van der Waals surface area contributed by atoms with E-state index in [1.54, 1.807) is 11.9 Å². The summed E-state index contributed by atoms with van der Waals surface area (Å²) in [5.41, 5.74) is -0.843. The molecule has 0 saturated heterocycles. The SMILES string of the molecule is CCN(C)C(=O)CNC1(C(=O)O)CCC1. The molecule has 0 radical (unpaired) electrons. The molecule has 86 valence electrons. The van der Waals surface area contributed by atoms with E-state index < -0.39 is 11.5 Å². The van der Waals surface area contributed by atoms with Crippen LogP contribution >= 0.6 is 0 Å². The van der Waals surface area contributed by atoms with Crippen LogP contribution in [0.15, 0.2) is 0 Å². The topological polar surface area (TPSA) is 69.6 Å². The molecular weight excluding hydrogens is 196 g/mol. The highest BCUT2D eigenvalue weighted by molar-refractivity contribution is 5.82. The summed E-state index contributed by atoms with van der Waals surface area (Å²) in [7, 11) is 1.71. The zero-order chi connectivity index (χ0) is 11.5. The lowest BCUT2D eigenvalue weighted by molar-refractivity contribution is -0.149. The Hall–Kier alpha value is -1.10. The Kier molecular flexibility index (Phi) is 3.68. The number of nitrogens with one attached hydrogen (secondary N) is 1. The van der Waals surface area contributed by atoms with Gasteiger partial charge in [-0.25, -0.2) is 0 Å². The maximum absolute atomic E-state index is 11.5. The molecule has 0 atom stereocenters. The highest BCUT2D eigenvalue weighted by Crippen LogP contribution is 2.31.